The summed E-state index contributed by atoms with van der Waals surface area (Å²) < 4.78 is 27.2. The highest BCUT2D eigenvalue weighted by Gasteiger charge is 2.35. The zero-order chi connectivity index (χ0) is 27.9. The van der Waals surface area contributed by atoms with Gasteiger partial charge in [-0.3, -0.25) is 0 Å². The van der Waals surface area contributed by atoms with Gasteiger partial charge >= 0.3 is 5.97 Å². The number of benzene rings is 3. The second kappa shape index (κ2) is 12.7. The zero-order valence-corrected chi connectivity index (χ0v) is 22.9. The van der Waals surface area contributed by atoms with E-state index in [2.05, 4.69) is 29.0 Å². The van der Waals surface area contributed by atoms with Gasteiger partial charge in [0.2, 0.25) is 11.1 Å². The van der Waals surface area contributed by atoms with Crippen LogP contribution < -0.4 is 10.1 Å². The predicted molar refractivity (Wildman–Crippen MR) is 154 cm³/mol. The maximum Gasteiger partial charge on any atom is 0.338 e. The molecule has 2 heterocycles. The molecule has 0 saturated heterocycles. The van der Waals surface area contributed by atoms with Gasteiger partial charge in [0.25, 0.3) is 0 Å². The number of aromatic nitrogens is 3. The predicted octanol–water partition coefficient (Wildman–Crippen LogP) is 6.35. The van der Waals surface area contributed by atoms with Crippen LogP contribution in [0.2, 0.25) is 0 Å². The van der Waals surface area contributed by atoms with Crippen molar-refractivity contribution in [3.05, 3.63) is 125 Å². The van der Waals surface area contributed by atoms with Crippen LogP contribution in [-0.4, -0.2) is 33.9 Å². The lowest BCUT2D eigenvalue weighted by atomic mass is 9.96. The van der Waals surface area contributed by atoms with Crippen LogP contribution in [-0.2, 0) is 21.7 Å². The number of esters is 1. The van der Waals surface area contributed by atoms with Gasteiger partial charge in [0.15, 0.2) is 0 Å². The topological polar surface area (TPSA) is 78.3 Å². The highest BCUT2D eigenvalue weighted by molar-refractivity contribution is 7.98. The monoisotopic (exact) mass is 556 g/mol. The summed E-state index contributed by atoms with van der Waals surface area (Å²) in [7, 11) is 0. The fourth-order valence-corrected chi connectivity index (χ4v) is 5.23. The van der Waals surface area contributed by atoms with Gasteiger partial charge in [0, 0.05) is 17.9 Å². The van der Waals surface area contributed by atoms with Crippen molar-refractivity contribution < 1.29 is 18.7 Å². The third-order valence-corrected chi connectivity index (χ3v) is 7.28. The molecule has 1 unspecified atom stereocenters. The second-order valence-electron chi connectivity index (χ2n) is 9.15. The molecule has 204 valence electrons. The summed E-state index contributed by atoms with van der Waals surface area (Å²) in [5, 5.41) is 8.34. The summed E-state index contributed by atoms with van der Waals surface area (Å²) in [6.45, 7) is 6.08. The number of carbonyl (C=O) groups excluding carboxylic acids is 1. The van der Waals surface area contributed by atoms with E-state index in [1.54, 1.807) is 22.9 Å². The van der Waals surface area contributed by atoms with Crippen LogP contribution in [0.15, 0.2) is 108 Å². The lowest BCUT2D eigenvalue weighted by molar-refractivity contribution is -0.138. The quantitative estimate of drug-likeness (QED) is 0.131. The number of nitrogens with one attached hydrogen (secondary N) is 1. The highest BCUT2D eigenvalue weighted by atomic mass is 32.2. The Morgan fingerprint density at radius 2 is 1.85 bits per heavy atom. The maximum atomic E-state index is 14.1. The van der Waals surface area contributed by atoms with Crippen molar-refractivity contribution in [3.63, 3.8) is 0 Å². The third-order valence-electron chi connectivity index (χ3n) is 6.40. The number of ether oxygens (including phenoxy) is 2. The molecule has 0 fully saturated rings. The number of carbonyl (C=O) groups is 1. The molecule has 3 aromatic carbocycles. The molecule has 1 atom stereocenters. The Morgan fingerprint density at radius 1 is 1.10 bits per heavy atom. The van der Waals surface area contributed by atoms with Crippen LogP contribution >= 0.6 is 11.8 Å². The lowest BCUT2D eigenvalue weighted by Crippen LogP contribution is -2.29. The van der Waals surface area contributed by atoms with Crippen LogP contribution in [0.3, 0.4) is 0 Å². The van der Waals surface area contributed by atoms with Crippen LogP contribution in [0.1, 0.15) is 29.7 Å². The van der Waals surface area contributed by atoms with Crippen LogP contribution in [0.5, 0.6) is 5.75 Å². The molecule has 7 nitrogen and oxygen atoms in total. The van der Waals surface area contributed by atoms with E-state index in [0.717, 1.165) is 17.7 Å². The molecule has 0 aliphatic carbocycles. The Morgan fingerprint density at radius 3 is 2.60 bits per heavy atom. The first-order chi connectivity index (χ1) is 19.5. The van der Waals surface area contributed by atoms with E-state index in [-0.39, 0.29) is 12.4 Å². The smallest absolute Gasteiger partial charge is 0.338 e. The summed E-state index contributed by atoms with van der Waals surface area (Å²) in [4.78, 5) is 17.8. The van der Waals surface area contributed by atoms with E-state index in [4.69, 9.17) is 14.6 Å². The molecular formula is C31H29FN4O3S. The van der Waals surface area contributed by atoms with Crippen molar-refractivity contribution in [2.45, 2.75) is 30.3 Å². The Hall–Kier alpha value is -4.37. The molecule has 40 heavy (non-hydrogen) atoms. The van der Waals surface area contributed by atoms with Crippen molar-refractivity contribution >= 4 is 23.7 Å². The minimum absolute atomic E-state index is 0.0878. The number of allylic oxidation sites excluding steroid dienone is 1. The number of rotatable bonds is 11. The molecule has 5 rings (SSSR count). The number of nitrogens with zero attached hydrogens (tertiary/aromatic N) is 3. The average molecular weight is 557 g/mol. The fourth-order valence-electron chi connectivity index (χ4n) is 4.41. The van der Waals surface area contributed by atoms with E-state index < -0.39 is 12.0 Å². The molecule has 1 aliphatic rings. The zero-order valence-electron chi connectivity index (χ0n) is 22.0. The molecule has 1 aromatic heterocycles. The van der Waals surface area contributed by atoms with Crippen molar-refractivity contribution in [2.75, 3.05) is 18.5 Å². The molecule has 1 aliphatic heterocycles. The SMILES string of the molecule is C=CCOC(=O)C1=C(C)Nc2nc(SCc3ccccc3F)nn2C1c1ccc(OCCc2ccccc2)cc1. The molecule has 1 N–H and O–H groups in total. The van der Waals surface area contributed by atoms with Crippen molar-refractivity contribution in [3.8, 4) is 5.75 Å². The molecule has 0 spiro atoms. The van der Waals surface area contributed by atoms with E-state index in [0.29, 0.717) is 40.3 Å². The van der Waals surface area contributed by atoms with Crippen LogP contribution in [0.4, 0.5) is 10.3 Å². The Bertz CT molecular complexity index is 1520. The average Bonchev–Trinajstić information content (AvgIpc) is 3.38. The van der Waals surface area contributed by atoms with Crippen molar-refractivity contribution in [1.82, 2.24) is 14.8 Å². The first-order valence-corrected chi connectivity index (χ1v) is 13.9. The number of hydrogen-bond donors (Lipinski definition) is 1. The summed E-state index contributed by atoms with van der Waals surface area (Å²) in [5.74, 6) is 0.842. The minimum Gasteiger partial charge on any atom is -0.493 e. The molecule has 0 bridgehead atoms. The van der Waals surface area contributed by atoms with Gasteiger partial charge < -0.3 is 14.8 Å². The number of fused-ring (bicyclic) bond motifs is 1. The largest absolute Gasteiger partial charge is 0.493 e. The maximum absolute atomic E-state index is 14.1. The van der Waals surface area contributed by atoms with Gasteiger partial charge in [0.1, 0.15) is 24.2 Å². The standard InChI is InChI=1S/C31H29FN4O3S/c1-3-18-39-29(37)27-21(2)33-30-34-31(40-20-24-11-7-8-12-26(24)32)35-36(30)28(27)23-13-15-25(16-14-23)38-19-17-22-9-5-4-6-10-22/h3-16,28H,1,17-20H2,2H3,(H,33,34,35). The normalized spacial score (nSPS) is 14.3. The van der Waals surface area contributed by atoms with E-state index in [1.165, 1.54) is 29.5 Å². The lowest BCUT2D eigenvalue weighted by Gasteiger charge is -2.28. The summed E-state index contributed by atoms with van der Waals surface area (Å²) in [5.41, 5.74) is 3.63. The number of halogens is 1. The van der Waals surface area contributed by atoms with Gasteiger partial charge in [-0.15, -0.1) is 5.10 Å². The first kappa shape index (κ1) is 27.2. The van der Waals surface area contributed by atoms with Crippen LogP contribution in [0.25, 0.3) is 0 Å². The van der Waals surface area contributed by atoms with Gasteiger partial charge in [-0.2, -0.15) is 4.98 Å². The fraction of sp³-hybridized carbons (Fsp3) is 0.194. The Labute approximate surface area is 236 Å². The van der Waals surface area contributed by atoms with Gasteiger partial charge in [-0.1, -0.05) is 85.1 Å². The molecular weight excluding hydrogens is 527 g/mol. The molecule has 4 aromatic rings. The molecule has 0 radical (unpaired) electrons. The Balaban J connectivity index is 1.38. The van der Waals surface area contributed by atoms with Crippen molar-refractivity contribution in [2.24, 2.45) is 0 Å². The summed E-state index contributed by atoms with van der Waals surface area (Å²) in [6, 6.07) is 23.8. The minimum atomic E-state index is -0.581. The van der Waals surface area contributed by atoms with E-state index in [9.17, 15) is 9.18 Å². The highest BCUT2D eigenvalue weighted by Crippen LogP contribution is 2.37. The van der Waals surface area contributed by atoms with E-state index in [1.807, 2.05) is 49.4 Å². The third kappa shape index (κ3) is 6.26. The Kier molecular flexibility index (Phi) is 8.61. The van der Waals surface area contributed by atoms with Gasteiger partial charge in [0.05, 0.1) is 12.2 Å². The number of thioether (sulfide) groups is 1. The molecule has 0 saturated carbocycles. The molecule has 0 amide bonds. The van der Waals surface area contributed by atoms with Gasteiger partial charge in [-0.05, 0) is 41.8 Å². The summed E-state index contributed by atoms with van der Waals surface area (Å²) >= 11 is 1.32. The van der Waals surface area contributed by atoms with Crippen LogP contribution in [0, 0.1) is 5.82 Å². The molecule has 9 heteroatoms. The summed E-state index contributed by atoms with van der Waals surface area (Å²) in [6.07, 6.45) is 2.33. The number of anilines is 1. The van der Waals surface area contributed by atoms with Gasteiger partial charge in [-0.25, -0.2) is 13.9 Å². The number of hydrogen-bond acceptors (Lipinski definition) is 7. The first-order valence-electron chi connectivity index (χ1n) is 12.9. The van der Waals surface area contributed by atoms with Crippen molar-refractivity contribution in [1.29, 1.82) is 0 Å². The second-order valence-corrected chi connectivity index (χ2v) is 10.1. The van der Waals surface area contributed by atoms with E-state index >= 15 is 0 Å².